The van der Waals surface area contributed by atoms with E-state index in [9.17, 15) is 4.79 Å². The Kier molecular flexibility index (Phi) is 8.81. The third-order valence-corrected chi connectivity index (χ3v) is 4.17. The summed E-state index contributed by atoms with van der Waals surface area (Å²) in [7, 11) is 1.65. The second-order valence-corrected chi connectivity index (χ2v) is 6.08. The van der Waals surface area contributed by atoms with Crippen molar-refractivity contribution in [3.63, 3.8) is 0 Å². The molecule has 0 radical (unpaired) electrons. The van der Waals surface area contributed by atoms with Crippen molar-refractivity contribution in [3.05, 3.63) is 35.9 Å². The van der Waals surface area contributed by atoms with Crippen LogP contribution in [0.3, 0.4) is 0 Å². The summed E-state index contributed by atoms with van der Waals surface area (Å²) in [6.07, 6.45) is 4.91. The van der Waals surface area contributed by atoms with Crippen LogP contribution in [0.25, 0.3) is 0 Å². The average molecular weight is 335 g/mol. The van der Waals surface area contributed by atoms with E-state index in [0.717, 1.165) is 24.8 Å². The molecule has 1 aromatic carbocycles. The normalized spacial score (nSPS) is 16.2. The average Bonchev–Trinajstić information content (AvgIpc) is 3.13. The first-order valence-electron chi connectivity index (χ1n) is 8.86. The molecule has 1 aliphatic rings. The van der Waals surface area contributed by atoms with Crippen LogP contribution in [0, 0.1) is 0 Å². The Bertz CT molecular complexity index is 460. The molecule has 0 unspecified atom stereocenters. The fraction of sp³-hybridized carbons (Fsp3) is 0.632. The van der Waals surface area contributed by atoms with Gasteiger partial charge >= 0.3 is 0 Å². The minimum absolute atomic E-state index is 0.0648. The molecule has 0 bridgehead atoms. The first-order chi connectivity index (χ1) is 11.8. The molecule has 1 atom stereocenters. The fourth-order valence-corrected chi connectivity index (χ4v) is 2.86. The molecule has 0 spiro atoms. The van der Waals surface area contributed by atoms with Crippen molar-refractivity contribution in [2.75, 3.05) is 33.5 Å². The molecule has 5 heteroatoms. The topological polar surface area (TPSA) is 56.8 Å². The van der Waals surface area contributed by atoms with E-state index >= 15 is 0 Å². The molecule has 1 aliphatic carbocycles. The molecule has 1 N–H and O–H groups in total. The standard InChI is InChI=1S/C19H29NO4/c1-22-14-15-23-13-7-12-20-19(21)18(16-8-3-2-4-9-16)24-17-10-5-6-11-17/h2-4,8-9,17-18H,5-7,10-15H2,1H3,(H,20,21)/t18-/m0/s1. The monoisotopic (exact) mass is 335 g/mol. The minimum atomic E-state index is -0.524. The van der Waals surface area contributed by atoms with Crippen LogP contribution in [-0.2, 0) is 19.0 Å². The van der Waals surface area contributed by atoms with Crippen LogP contribution in [0.4, 0.5) is 0 Å². The summed E-state index contributed by atoms with van der Waals surface area (Å²) >= 11 is 0. The maximum atomic E-state index is 12.6. The number of methoxy groups -OCH3 is 1. The van der Waals surface area contributed by atoms with Crippen LogP contribution in [-0.4, -0.2) is 45.5 Å². The SMILES string of the molecule is COCCOCCCNC(=O)[C@@H](OC1CCCC1)c1ccccc1. The quantitative estimate of drug-likeness (QED) is 0.632. The molecule has 1 amide bonds. The van der Waals surface area contributed by atoms with E-state index in [-0.39, 0.29) is 12.0 Å². The van der Waals surface area contributed by atoms with Crippen molar-refractivity contribution in [2.45, 2.75) is 44.3 Å². The lowest BCUT2D eigenvalue weighted by molar-refractivity contribution is -0.137. The number of rotatable bonds is 11. The molecule has 0 heterocycles. The number of carbonyl (C=O) groups is 1. The molecule has 5 nitrogen and oxygen atoms in total. The molecule has 1 saturated carbocycles. The maximum absolute atomic E-state index is 12.6. The van der Waals surface area contributed by atoms with E-state index < -0.39 is 6.10 Å². The molecule has 134 valence electrons. The largest absolute Gasteiger partial charge is 0.382 e. The summed E-state index contributed by atoms with van der Waals surface area (Å²) in [6, 6.07) is 9.74. The van der Waals surface area contributed by atoms with Gasteiger partial charge in [-0.05, 0) is 24.8 Å². The molecule has 0 aliphatic heterocycles. The molecular formula is C19H29NO4. The summed E-state index contributed by atoms with van der Waals surface area (Å²) in [4.78, 5) is 12.6. The first kappa shape index (κ1) is 18.9. The first-order valence-corrected chi connectivity index (χ1v) is 8.86. The third kappa shape index (κ3) is 6.59. The van der Waals surface area contributed by atoms with Crippen LogP contribution in [0.15, 0.2) is 30.3 Å². The summed E-state index contributed by atoms with van der Waals surface area (Å²) in [5, 5.41) is 2.97. The smallest absolute Gasteiger partial charge is 0.253 e. The number of ether oxygens (including phenoxy) is 3. The van der Waals surface area contributed by atoms with Gasteiger partial charge in [-0.15, -0.1) is 0 Å². The minimum Gasteiger partial charge on any atom is -0.382 e. The van der Waals surface area contributed by atoms with Gasteiger partial charge < -0.3 is 19.5 Å². The predicted molar refractivity (Wildman–Crippen MR) is 92.8 cm³/mol. The molecule has 0 aromatic heterocycles. The second kappa shape index (κ2) is 11.2. The van der Waals surface area contributed by atoms with E-state index in [2.05, 4.69) is 5.32 Å². The van der Waals surface area contributed by atoms with Crippen molar-refractivity contribution in [1.29, 1.82) is 0 Å². The lowest BCUT2D eigenvalue weighted by atomic mass is 10.1. The van der Waals surface area contributed by atoms with Crippen LogP contribution in [0.5, 0.6) is 0 Å². The van der Waals surface area contributed by atoms with Gasteiger partial charge in [-0.25, -0.2) is 0 Å². The number of carbonyl (C=O) groups excluding carboxylic acids is 1. The predicted octanol–water partition coefficient (Wildman–Crippen LogP) is 2.86. The van der Waals surface area contributed by atoms with E-state index in [0.29, 0.717) is 26.4 Å². The van der Waals surface area contributed by atoms with Gasteiger partial charge in [-0.3, -0.25) is 4.79 Å². The van der Waals surface area contributed by atoms with E-state index in [1.807, 2.05) is 30.3 Å². The van der Waals surface area contributed by atoms with Crippen LogP contribution in [0.1, 0.15) is 43.8 Å². The Morgan fingerprint density at radius 2 is 1.92 bits per heavy atom. The van der Waals surface area contributed by atoms with Crippen LogP contribution in [0.2, 0.25) is 0 Å². The van der Waals surface area contributed by atoms with Gasteiger partial charge in [0.15, 0.2) is 6.10 Å². The highest BCUT2D eigenvalue weighted by atomic mass is 16.5. The number of hydrogen-bond acceptors (Lipinski definition) is 4. The molecular weight excluding hydrogens is 306 g/mol. The van der Waals surface area contributed by atoms with Crippen molar-refractivity contribution in [1.82, 2.24) is 5.32 Å². The number of hydrogen-bond donors (Lipinski definition) is 1. The van der Waals surface area contributed by atoms with Gasteiger partial charge in [-0.2, -0.15) is 0 Å². The zero-order valence-electron chi connectivity index (χ0n) is 14.5. The van der Waals surface area contributed by atoms with Crippen molar-refractivity contribution in [2.24, 2.45) is 0 Å². The lowest BCUT2D eigenvalue weighted by Gasteiger charge is -2.22. The van der Waals surface area contributed by atoms with Crippen LogP contribution < -0.4 is 5.32 Å². The highest BCUT2D eigenvalue weighted by Gasteiger charge is 2.26. The van der Waals surface area contributed by atoms with E-state index in [1.54, 1.807) is 7.11 Å². The third-order valence-electron chi connectivity index (χ3n) is 4.17. The molecule has 1 aromatic rings. The van der Waals surface area contributed by atoms with Gasteiger partial charge in [0.1, 0.15) is 0 Å². The van der Waals surface area contributed by atoms with Crippen molar-refractivity contribution < 1.29 is 19.0 Å². The van der Waals surface area contributed by atoms with Crippen LogP contribution >= 0.6 is 0 Å². The Balaban J connectivity index is 1.79. The Morgan fingerprint density at radius 3 is 2.62 bits per heavy atom. The highest BCUT2D eigenvalue weighted by molar-refractivity contribution is 5.82. The summed E-state index contributed by atoms with van der Waals surface area (Å²) in [5.74, 6) is -0.0648. The van der Waals surface area contributed by atoms with Gasteiger partial charge in [-0.1, -0.05) is 43.2 Å². The zero-order valence-corrected chi connectivity index (χ0v) is 14.5. The van der Waals surface area contributed by atoms with Crippen molar-refractivity contribution >= 4 is 5.91 Å². The number of benzene rings is 1. The van der Waals surface area contributed by atoms with E-state index in [4.69, 9.17) is 14.2 Å². The fourth-order valence-electron chi connectivity index (χ4n) is 2.86. The maximum Gasteiger partial charge on any atom is 0.253 e. The second-order valence-electron chi connectivity index (χ2n) is 6.08. The number of nitrogens with one attached hydrogen (secondary N) is 1. The Labute approximate surface area is 144 Å². The summed E-state index contributed by atoms with van der Waals surface area (Å²) < 4.78 is 16.4. The highest BCUT2D eigenvalue weighted by Crippen LogP contribution is 2.28. The number of amides is 1. The molecule has 0 saturated heterocycles. The molecule has 24 heavy (non-hydrogen) atoms. The van der Waals surface area contributed by atoms with E-state index in [1.165, 1.54) is 12.8 Å². The lowest BCUT2D eigenvalue weighted by Crippen LogP contribution is -2.33. The molecule has 2 rings (SSSR count). The summed E-state index contributed by atoms with van der Waals surface area (Å²) in [6.45, 7) is 2.38. The Morgan fingerprint density at radius 1 is 1.17 bits per heavy atom. The summed E-state index contributed by atoms with van der Waals surface area (Å²) in [5.41, 5.74) is 0.915. The van der Waals surface area contributed by atoms with Crippen molar-refractivity contribution in [3.8, 4) is 0 Å². The van der Waals surface area contributed by atoms with Gasteiger partial charge in [0, 0.05) is 20.3 Å². The zero-order chi connectivity index (χ0) is 17.0. The van der Waals surface area contributed by atoms with Gasteiger partial charge in [0.2, 0.25) is 0 Å². The molecule has 1 fully saturated rings. The Hall–Kier alpha value is -1.43. The van der Waals surface area contributed by atoms with Gasteiger partial charge in [0.05, 0.1) is 19.3 Å². The van der Waals surface area contributed by atoms with Gasteiger partial charge in [0.25, 0.3) is 5.91 Å².